The third-order valence-corrected chi connectivity index (χ3v) is 3.41. The summed E-state index contributed by atoms with van der Waals surface area (Å²) in [6, 6.07) is 2.07. The van der Waals surface area contributed by atoms with Crippen LogP contribution in [-0.4, -0.2) is 63.8 Å². The highest BCUT2D eigenvalue weighted by Crippen LogP contribution is 2.25. The van der Waals surface area contributed by atoms with Gasteiger partial charge in [0.25, 0.3) is 0 Å². The zero-order chi connectivity index (χ0) is 15.3. The Kier molecular flexibility index (Phi) is 6.63. The Morgan fingerprint density at radius 2 is 1.74 bits per heavy atom. The first kappa shape index (κ1) is 18.0. The number of nitrogens with one attached hydrogen (secondary N) is 2. The van der Waals surface area contributed by atoms with Gasteiger partial charge in [0.1, 0.15) is 0 Å². The number of ether oxygens (including phenoxy) is 1. The quantitative estimate of drug-likeness (QED) is 0.490. The van der Waals surface area contributed by atoms with Crippen LogP contribution < -0.4 is 10.6 Å². The maximum atomic E-state index is 8.96. The molecule has 0 aliphatic heterocycles. The summed E-state index contributed by atoms with van der Waals surface area (Å²) in [6.45, 7) is 5.68. The monoisotopic (exact) mass is 269 g/mol. The Balaban J connectivity index is 5.38. The third-order valence-electron chi connectivity index (χ3n) is 3.41. The van der Waals surface area contributed by atoms with Gasteiger partial charge in [0, 0.05) is 12.0 Å². The topological polar surface area (TPSA) is 63.6 Å². The first-order valence-corrected chi connectivity index (χ1v) is 6.18. The lowest BCUT2D eigenvalue weighted by Crippen LogP contribution is -2.66. The number of hydrogen-bond donors (Lipinski definition) is 2. The maximum absolute atomic E-state index is 8.96. The normalized spacial score (nSPS) is 17.9. The fourth-order valence-electron chi connectivity index (χ4n) is 1.67. The van der Waals surface area contributed by atoms with Crippen LogP contribution >= 0.6 is 0 Å². The number of nitrogens with zero attached hydrogens (tertiary/aromatic N) is 3. The minimum absolute atomic E-state index is 0.373. The first-order valence-electron chi connectivity index (χ1n) is 6.18. The molecular formula is C13H27N5O. The molecule has 0 aromatic carbocycles. The van der Waals surface area contributed by atoms with Crippen molar-refractivity contribution >= 4 is 0 Å². The Morgan fingerprint density at radius 1 is 1.21 bits per heavy atom. The van der Waals surface area contributed by atoms with E-state index < -0.39 is 11.7 Å². The standard InChI is InChI=1S/C13H27N5O/c1-11(10-14)9-13(16-4,18(7)8)19-12(2,15-3)17(5)6/h15-16H,1,9H2,2-8H3. The fraction of sp³-hybridized carbons (Fsp3) is 0.769. The molecule has 0 saturated heterocycles. The van der Waals surface area contributed by atoms with Gasteiger partial charge in [-0.3, -0.25) is 20.4 Å². The lowest BCUT2D eigenvalue weighted by Gasteiger charge is -2.47. The predicted molar refractivity (Wildman–Crippen MR) is 77.1 cm³/mol. The van der Waals surface area contributed by atoms with Crippen LogP contribution in [-0.2, 0) is 4.74 Å². The molecule has 0 fully saturated rings. The molecule has 0 heterocycles. The lowest BCUT2D eigenvalue weighted by atomic mass is 10.1. The minimum atomic E-state index is -0.811. The number of hydrogen-bond acceptors (Lipinski definition) is 6. The van der Waals surface area contributed by atoms with Crippen molar-refractivity contribution in [2.24, 2.45) is 0 Å². The van der Waals surface area contributed by atoms with E-state index >= 15 is 0 Å². The summed E-state index contributed by atoms with van der Waals surface area (Å²) in [7, 11) is 11.3. The maximum Gasteiger partial charge on any atom is 0.184 e. The average Bonchev–Trinajstić information content (AvgIpc) is 2.36. The molecule has 0 radical (unpaired) electrons. The predicted octanol–water partition coefficient (Wildman–Crippen LogP) is 0.362. The Morgan fingerprint density at radius 3 is 2.00 bits per heavy atom. The van der Waals surface area contributed by atoms with Gasteiger partial charge < -0.3 is 4.74 Å². The van der Waals surface area contributed by atoms with Crippen molar-refractivity contribution in [3.63, 3.8) is 0 Å². The van der Waals surface area contributed by atoms with Crippen molar-refractivity contribution in [1.82, 2.24) is 20.4 Å². The van der Waals surface area contributed by atoms with Gasteiger partial charge in [0.05, 0.1) is 6.07 Å². The van der Waals surface area contributed by atoms with E-state index in [0.717, 1.165) is 0 Å². The highest BCUT2D eigenvalue weighted by molar-refractivity contribution is 5.18. The second-order valence-electron chi connectivity index (χ2n) is 5.05. The van der Waals surface area contributed by atoms with E-state index in [-0.39, 0.29) is 0 Å². The molecule has 0 spiro atoms. The Bertz CT molecular complexity index is 349. The molecule has 0 aliphatic rings. The van der Waals surface area contributed by atoms with Crippen LogP contribution in [0.2, 0.25) is 0 Å². The molecule has 0 saturated carbocycles. The lowest BCUT2D eigenvalue weighted by molar-refractivity contribution is -0.276. The highest BCUT2D eigenvalue weighted by atomic mass is 16.6. The van der Waals surface area contributed by atoms with E-state index in [9.17, 15) is 0 Å². The zero-order valence-electron chi connectivity index (χ0n) is 13.2. The van der Waals surface area contributed by atoms with Crippen LogP contribution in [0, 0.1) is 11.3 Å². The van der Waals surface area contributed by atoms with Gasteiger partial charge in [-0.15, -0.1) is 0 Å². The Hall–Kier alpha value is -0.970. The van der Waals surface area contributed by atoms with Crippen molar-refractivity contribution in [1.29, 1.82) is 5.26 Å². The fourth-order valence-corrected chi connectivity index (χ4v) is 1.67. The summed E-state index contributed by atoms with van der Waals surface area (Å²) in [5.41, 5.74) is 0.459. The molecule has 0 aromatic rings. The van der Waals surface area contributed by atoms with Crippen LogP contribution in [0.4, 0.5) is 0 Å². The first-order chi connectivity index (χ1) is 8.67. The summed E-state index contributed by atoms with van der Waals surface area (Å²) in [6.07, 6.45) is 0.373. The second kappa shape index (κ2) is 6.98. The zero-order valence-corrected chi connectivity index (χ0v) is 13.2. The molecule has 2 N–H and O–H groups in total. The van der Waals surface area contributed by atoms with Crippen molar-refractivity contribution in [2.75, 3.05) is 42.3 Å². The van der Waals surface area contributed by atoms with Crippen molar-refractivity contribution < 1.29 is 4.74 Å². The van der Waals surface area contributed by atoms with Gasteiger partial charge in [-0.2, -0.15) is 5.26 Å². The average molecular weight is 269 g/mol. The van der Waals surface area contributed by atoms with Gasteiger partial charge in [-0.25, -0.2) is 0 Å². The molecule has 19 heavy (non-hydrogen) atoms. The molecule has 0 bridgehead atoms. The molecule has 6 nitrogen and oxygen atoms in total. The van der Waals surface area contributed by atoms with E-state index in [1.807, 2.05) is 52.0 Å². The van der Waals surface area contributed by atoms with Gasteiger partial charge in [-0.1, -0.05) is 6.58 Å². The van der Waals surface area contributed by atoms with Crippen molar-refractivity contribution in [2.45, 2.75) is 25.0 Å². The third kappa shape index (κ3) is 4.27. The van der Waals surface area contributed by atoms with Crippen LogP contribution in [0.15, 0.2) is 12.2 Å². The molecule has 0 aliphatic carbocycles. The number of rotatable bonds is 8. The van der Waals surface area contributed by atoms with Gasteiger partial charge in [0.15, 0.2) is 11.7 Å². The summed E-state index contributed by atoms with van der Waals surface area (Å²) in [5.74, 6) is -1.49. The molecule has 0 rings (SSSR count). The van der Waals surface area contributed by atoms with E-state index in [4.69, 9.17) is 10.00 Å². The van der Waals surface area contributed by atoms with Gasteiger partial charge in [0.2, 0.25) is 0 Å². The van der Waals surface area contributed by atoms with Crippen LogP contribution in [0.25, 0.3) is 0 Å². The largest absolute Gasteiger partial charge is 0.312 e. The summed E-state index contributed by atoms with van der Waals surface area (Å²) >= 11 is 0. The molecule has 0 amide bonds. The van der Waals surface area contributed by atoms with E-state index in [0.29, 0.717) is 12.0 Å². The van der Waals surface area contributed by atoms with E-state index in [2.05, 4.69) is 23.3 Å². The van der Waals surface area contributed by atoms with E-state index in [1.54, 1.807) is 7.05 Å². The SMILES string of the molecule is C=C(C#N)CC(NC)(OC(C)(NC)N(C)C)N(C)C. The molecule has 6 heteroatoms. The number of nitriles is 1. The summed E-state index contributed by atoms with van der Waals surface area (Å²) in [4.78, 5) is 3.83. The highest BCUT2D eigenvalue weighted by Gasteiger charge is 2.41. The van der Waals surface area contributed by atoms with Gasteiger partial charge >= 0.3 is 0 Å². The molecule has 0 aromatic heterocycles. The molecular weight excluding hydrogens is 242 g/mol. The summed E-state index contributed by atoms with van der Waals surface area (Å²) < 4.78 is 6.24. The minimum Gasteiger partial charge on any atom is -0.312 e. The van der Waals surface area contributed by atoms with Crippen LogP contribution in [0.5, 0.6) is 0 Å². The van der Waals surface area contributed by atoms with Crippen molar-refractivity contribution in [3.8, 4) is 6.07 Å². The van der Waals surface area contributed by atoms with Crippen LogP contribution in [0.1, 0.15) is 13.3 Å². The molecule has 110 valence electrons. The second-order valence-corrected chi connectivity index (χ2v) is 5.05. The summed E-state index contributed by atoms with van der Waals surface area (Å²) in [5, 5.41) is 15.3. The van der Waals surface area contributed by atoms with Gasteiger partial charge in [-0.05, 0) is 49.2 Å². The smallest absolute Gasteiger partial charge is 0.184 e. The Labute approximate surface area is 117 Å². The van der Waals surface area contributed by atoms with Crippen LogP contribution in [0.3, 0.4) is 0 Å². The van der Waals surface area contributed by atoms with Crippen molar-refractivity contribution in [3.05, 3.63) is 12.2 Å². The molecule has 2 atom stereocenters. The van der Waals surface area contributed by atoms with E-state index in [1.165, 1.54) is 0 Å². The molecule has 2 unspecified atom stereocenters.